The summed E-state index contributed by atoms with van der Waals surface area (Å²) < 4.78 is 16.0. The highest BCUT2D eigenvalue weighted by molar-refractivity contribution is 6.33. The highest BCUT2D eigenvalue weighted by Crippen LogP contribution is 2.34. The van der Waals surface area contributed by atoms with Gasteiger partial charge in [0.2, 0.25) is 0 Å². The summed E-state index contributed by atoms with van der Waals surface area (Å²) in [6.45, 7) is -0.568. The quantitative estimate of drug-likeness (QED) is 0.490. The number of carbonyl (C=O) groups excluding carboxylic acids is 1. The van der Waals surface area contributed by atoms with Gasteiger partial charge in [-0.25, -0.2) is 4.39 Å². The normalized spacial score (nSPS) is 12.1. The zero-order valence-corrected chi connectivity index (χ0v) is 16.1. The third-order valence-electron chi connectivity index (χ3n) is 4.66. The number of hydrogen-bond donors (Lipinski definition) is 4. The lowest BCUT2D eigenvalue weighted by Gasteiger charge is -2.18. The predicted molar refractivity (Wildman–Crippen MR) is 105 cm³/mol. The summed E-state index contributed by atoms with van der Waals surface area (Å²) in [5, 5.41) is 31.7. The zero-order chi connectivity index (χ0) is 21.3. The molecule has 3 rings (SSSR count). The number of nitrogens with zero attached hydrogens (tertiary/aromatic N) is 1. The summed E-state index contributed by atoms with van der Waals surface area (Å²) in [6, 6.07) is 7.39. The number of amides is 1. The molecule has 152 valence electrons. The molecule has 0 aliphatic carbocycles. The maximum absolute atomic E-state index is 14.4. The number of aliphatic hydroxyl groups is 1. The van der Waals surface area contributed by atoms with Crippen LogP contribution >= 0.6 is 11.6 Å². The molecule has 0 fully saturated rings. The molecular weight excluding hydrogens is 403 g/mol. The van der Waals surface area contributed by atoms with Gasteiger partial charge in [0.1, 0.15) is 17.3 Å². The van der Waals surface area contributed by atoms with Gasteiger partial charge in [0.05, 0.1) is 29.6 Å². The third-order valence-corrected chi connectivity index (χ3v) is 4.97. The number of carbonyl (C=O) groups is 2. The lowest BCUT2D eigenvalue weighted by Crippen LogP contribution is -2.32. The number of aromatic nitrogens is 1. The summed E-state index contributed by atoms with van der Waals surface area (Å²) >= 11 is 5.91. The van der Waals surface area contributed by atoms with Gasteiger partial charge >= 0.3 is 5.97 Å². The first kappa shape index (κ1) is 20.6. The number of fused-ring (bicyclic) bond motifs is 1. The molecule has 4 N–H and O–H groups in total. The predicted octanol–water partition coefficient (Wildman–Crippen LogP) is 2.77. The van der Waals surface area contributed by atoms with Crippen molar-refractivity contribution in [1.29, 1.82) is 0 Å². The fourth-order valence-electron chi connectivity index (χ4n) is 3.18. The Hall–Kier alpha value is -3.10. The Labute approximate surface area is 170 Å². The number of aliphatic carboxylic acids is 1. The molecule has 0 saturated carbocycles. The Morgan fingerprint density at radius 3 is 2.59 bits per heavy atom. The molecule has 0 aliphatic heterocycles. The minimum atomic E-state index is -1.09. The van der Waals surface area contributed by atoms with Gasteiger partial charge in [0, 0.05) is 18.0 Å². The van der Waals surface area contributed by atoms with Crippen molar-refractivity contribution in [1.82, 2.24) is 9.88 Å². The first-order chi connectivity index (χ1) is 13.7. The van der Waals surface area contributed by atoms with Crippen molar-refractivity contribution in [3.8, 4) is 5.75 Å². The summed E-state index contributed by atoms with van der Waals surface area (Å²) in [7, 11) is 1.62. The molecular formula is C20H18ClFN2O5. The van der Waals surface area contributed by atoms with E-state index in [-0.39, 0.29) is 34.0 Å². The van der Waals surface area contributed by atoms with Crippen molar-refractivity contribution in [3.63, 3.8) is 0 Å². The second-order valence-electron chi connectivity index (χ2n) is 6.55. The summed E-state index contributed by atoms with van der Waals surface area (Å²) in [5.41, 5.74) is 1.04. The third kappa shape index (κ3) is 4.03. The Morgan fingerprint density at radius 1 is 1.24 bits per heavy atom. The molecule has 1 atom stereocenters. The Morgan fingerprint density at radius 2 is 1.97 bits per heavy atom. The number of halogens is 2. The van der Waals surface area contributed by atoms with E-state index >= 15 is 0 Å². The number of aliphatic hydroxyl groups excluding tert-OH is 1. The number of carboxylic acid groups (broad SMARTS) is 1. The van der Waals surface area contributed by atoms with Crippen LogP contribution in [0.4, 0.5) is 4.39 Å². The van der Waals surface area contributed by atoms with E-state index in [2.05, 4.69) is 5.32 Å². The van der Waals surface area contributed by atoms with Crippen molar-refractivity contribution in [3.05, 3.63) is 64.1 Å². The van der Waals surface area contributed by atoms with E-state index in [1.165, 1.54) is 24.3 Å². The van der Waals surface area contributed by atoms with E-state index in [1.807, 2.05) is 0 Å². The minimum absolute atomic E-state index is 0.0274. The van der Waals surface area contributed by atoms with Crippen LogP contribution in [0.5, 0.6) is 5.75 Å². The lowest BCUT2D eigenvalue weighted by molar-refractivity contribution is -0.136. The van der Waals surface area contributed by atoms with Gasteiger partial charge in [-0.15, -0.1) is 0 Å². The summed E-state index contributed by atoms with van der Waals surface area (Å²) in [4.78, 5) is 23.5. The standard InChI is InChI=1S/C20H18ClFN2O5/c1-24-16-5-4-13(21)19(28)12(16)8-17(24)20(29)23-15(9-25)11-3-2-10(6-14(11)22)7-18(26)27/h2-6,8,15,25,28H,7,9H2,1H3,(H,23,29)(H,26,27)/t15-/m1/s1. The monoisotopic (exact) mass is 420 g/mol. The maximum atomic E-state index is 14.4. The van der Waals surface area contributed by atoms with Crippen LogP contribution in [0.15, 0.2) is 36.4 Å². The zero-order valence-electron chi connectivity index (χ0n) is 15.3. The number of hydrogen-bond acceptors (Lipinski definition) is 4. The van der Waals surface area contributed by atoms with E-state index in [0.29, 0.717) is 10.9 Å². The first-order valence-electron chi connectivity index (χ1n) is 8.61. The van der Waals surface area contributed by atoms with E-state index in [0.717, 1.165) is 6.07 Å². The van der Waals surface area contributed by atoms with Crippen molar-refractivity contribution in [2.24, 2.45) is 7.05 Å². The van der Waals surface area contributed by atoms with E-state index in [1.54, 1.807) is 17.7 Å². The molecule has 1 amide bonds. The Balaban J connectivity index is 1.89. The van der Waals surface area contributed by atoms with E-state index in [9.17, 15) is 24.2 Å². The second kappa shape index (κ2) is 8.10. The molecule has 29 heavy (non-hydrogen) atoms. The molecule has 7 nitrogen and oxygen atoms in total. The lowest BCUT2D eigenvalue weighted by atomic mass is 10.0. The van der Waals surface area contributed by atoms with Crippen molar-refractivity contribution < 1.29 is 29.3 Å². The van der Waals surface area contributed by atoms with Gasteiger partial charge in [-0.05, 0) is 29.8 Å². The highest BCUT2D eigenvalue weighted by Gasteiger charge is 2.22. The first-order valence-corrected chi connectivity index (χ1v) is 8.99. The maximum Gasteiger partial charge on any atom is 0.307 e. The van der Waals surface area contributed by atoms with Crippen molar-refractivity contribution >= 4 is 34.4 Å². The molecule has 0 saturated heterocycles. The average Bonchev–Trinajstić information content (AvgIpc) is 3.00. The molecule has 1 aromatic heterocycles. The van der Waals surface area contributed by atoms with Crippen LogP contribution in [0, 0.1) is 5.82 Å². The van der Waals surface area contributed by atoms with E-state index < -0.39 is 30.3 Å². The molecule has 0 bridgehead atoms. The average molecular weight is 421 g/mol. The Kier molecular flexibility index (Phi) is 5.76. The van der Waals surface area contributed by atoms with Gasteiger partial charge < -0.3 is 25.2 Å². The summed E-state index contributed by atoms with van der Waals surface area (Å²) in [6.07, 6.45) is -0.338. The molecule has 0 aliphatic rings. The fraction of sp³-hybridized carbons (Fsp3) is 0.200. The molecule has 2 aromatic carbocycles. The van der Waals surface area contributed by atoms with Gasteiger partial charge in [-0.1, -0.05) is 23.7 Å². The number of phenolic OH excluding ortho intramolecular Hbond substituents is 1. The number of rotatable bonds is 6. The number of phenols is 1. The van der Waals surface area contributed by atoms with Crippen LogP contribution < -0.4 is 5.32 Å². The minimum Gasteiger partial charge on any atom is -0.506 e. The molecule has 9 heteroatoms. The van der Waals surface area contributed by atoms with Crippen LogP contribution in [0.1, 0.15) is 27.7 Å². The number of aromatic hydroxyl groups is 1. The SMILES string of the molecule is Cn1c(C(=O)N[C@H](CO)c2ccc(CC(=O)O)cc2F)cc2c(O)c(Cl)ccc21. The topological polar surface area (TPSA) is 112 Å². The van der Waals surface area contributed by atoms with Crippen LogP contribution in [-0.4, -0.2) is 38.4 Å². The van der Waals surface area contributed by atoms with Gasteiger partial charge in [0.25, 0.3) is 5.91 Å². The van der Waals surface area contributed by atoms with Gasteiger partial charge in [0.15, 0.2) is 0 Å². The number of carboxylic acids is 1. The number of nitrogens with one attached hydrogen (secondary N) is 1. The largest absolute Gasteiger partial charge is 0.506 e. The molecule has 1 heterocycles. The van der Waals surface area contributed by atoms with Crippen LogP contribution in [0.25, 0.3) is 10.9 Å². The molecule has 3 aromatic rings. The molecule has 0 unspecified atom stereocenters. The summed E-state index contributed by atoms with van der Waals surface area (Å²) in [5.74, 6) is -2.57. The molecule has 0 radical (unpaired) electrons. The van der Waals surface area contributed by atoms with Gasteiger partial charge in [-0.2, -0.15) is 0 Å². The number of benzene rings is 2. The smallest absolute Gasteiger partial charge is 0.307 e. The van der Waals surface area contributed by atoms with E-state index in [4.69, 9.17) is 16.7 Å². The Bertz CT molecular complexity index is 1110. The number of aryl methyl sites for hydroxylation is 1. The molecule has 0 spiro atoms. The van der Waals surface area contributed by atoms with Gasteiger partial charge in [-0.3, -0.25) is 9.59 Å². The van der Waals surface area contributed by atoms with Crippen molar-refractivity contribution in [2.75, 3.05) is 6.61 Å². The van der Waals surface area contributed by atoms with Crippen LogP contribution in [0.3, 0.4) is 0 Å². The highest BCUT2D eigenvalue weighted by atomic mass is 35.5. The fourth-order valence-corrected chi connectivity index (χ4v) is 3.34. The van der Waals surface area contributed by atoms with Crippen LogP contribution in [-0.2, 0) is 18.3 Å². The van der Waals surface area contributed by atoms with Crippen LogP contribution in [0.2, 0.25) is 5.02 Å². The second-order valence-corrected chi connectivity index (χ2v) is 6.96. The van der Waals surface area contributed by atoms with Crippen molar-refractivity contribution in [2.45, 2.75) is 12.5 Å².